The van der Waals surface area contributed by atoms with Gasteiger partial charge in [-0.1, -0.05) is 26.2 Å². The third-order valence-corrected chi connectivity index (χ3v) is 9.22. The molecule has 0 amide bonds. The Balaban J connectivity index is 2.25. The molecule has 0 spiro atoms. The molecule has 1 aliphatic carbocycles. The fourth-order valence-corrected chi connectivity index (χ4v) is 7.88. The van der Waals surface area contributed by atoms with Gasteiger partial charge in [0.2, 0.25) is 0 Å². The second kappa shape index (κ2) is 6.70. The van der Waals surface area contributed by atoms with Crippen LogP contribution in [0, 0.1) is 5.92 Å². The number of hydrogen-bond donors (Lipinski definition) is 0. The van der Waals surface area contributed by atoms with Crippen LogP contribution in [0.3, 0.4) is 0 Å². The van der Waals surface area contributed by atoms with E-state index in [1.54, 1.807) is 0 Å². The van der Waals surface area contributed by atoms with E-state index in [0.29, 0.717) is 6.04 Å². The minimum absolute atomic E-state index is 0.623. The van der Waals surface area contributed by atoms with E-state index in [0.717, 1.165) is 24.4 Å². The van der Waals surface area contributed by atoms with E-state index in [1.807, 2.05) is 14.2 Å². The largest absolute Gasteiger partial charge is 0.427 e. The van der Waals surface area contributed by atoms with E-state index in [2.05, 4.69) is 18.4 Å². The zero-order valence-corrected chi connectivity index (χ0v) is 14.2. The molecule has 4 heteroatoms. The lowest BCUT2D eigenvalue weighted by Crippen LogP contribution is -2.67. The lowest BCUT2D eigenvalue weighted by molar-refractivity contribution is 0.0293. The van der Waals surface area contributed by atoms with Crippen molar-refractivity contribution in [3.63, 3.8) is 0 Å². The maximum atomic E-state index is 6.03. The van der Waals surface area contributed by atoms with Crippen molar-refractivity contribution in [2.75, 3.05) is 14.2 Å². The highest BCUT2D eigenvalue weighted by atomic mass is 28.4. The van der Waals surface area contributed by atoms with Gasteiger partial charge in [-0.2, -0.15) is 0 Å². The quantitative estimate of drug-likeness (QED) is 0.719. The van der Waals surface area contributed by atoms with Crippen LogP contribution in [0.25, 0.3) is 0 Å². The minimum Gasteiger partial charge on any atom is -0.386 e. The summed E-state index contributed by atoms with van der Waals surface area (Å²) in [6.45, 7) is 4.62. The van der Waals surface area contributed by atoms with Crippen LogP contribution in [0.2, 0.25) is 6.04 Å². The first-order valence-electron chi connectivity index (χ1n) is 8.07. The smallest absolute Gasteiger partial charge is 0.386 e. The van der Waals surface area contributed by atoms with Crippen molar-refractivity contribution >= 4 is 8.72 Å². The predicted octanol–water partition coefficient (Wildman–Crippen LogP) is 3.67. The number of piperidine rings is 1. The first-order chi connectivity index (χ1) is 9.18. The average molecular weight is 286 g/mol. The summed E-state index contributed by atoms with van der Waals surface area (Å²) in [4.78, 5) is 0. The van der Waals surface area contributed by atoms with Gasteiger partial charge < -0.3 is 8.85 Å². The summed E-state index contributed by atoms with van der Waals surface area (Å²) >= 11 is 0. The molecule has 2 rings (SSSR count). The summed E-state index contributed by atoms with van der Waals surface area (Å²) in [5.74, 6) is 0.888. The van der Waals surface area contributed by atoms with E-state index in [1.165, 1.54) is 38.5 Å². The van der Waals surface area contributed by atoms with Crippen molar-refractivity contribution in [2.45, 2.75) is 76.9 Å². The van der Waals surface area contributed by atoms with Crippen molar-refractivity contribution in [2.24, 2.45) is 5.92 Å². The number of fused-ring (bicyclic) bond motifs is 1. The molecular weight excluding hydrogens is 254 g/mol. The van der Waals surface area contributed by atoms with Gasteiger partial charge in [-0.25, -0.2) is 0 Å². The van der Waals surface area contributed by atoms with Crippen LogP contribution in [0.15, 0.2) is 0 Å². The van der Waals surface area contributed by atoms with Gasteiger partial charge in [0.1, 0.15) is 0 Å². The number of hydrogen-bond acceptors (Lipinski definition) is 3. The molecule has 2 fully saturated rings. The maximum absolute atomic E-state index is 6.03. The highest BCUT2D eigenvalue weighted by Gasteiger charge is 2.51. The normalized spacial score (nSPS) is 33.2. The molecule has 1 heterocycles. The van der Waals surface area contributed by atoms with E-state index in [4.69, 9.17) is 8.85 Å². The van der Waals surface area contributed by atoms with Crippen molar-refractivity contribution in [1.29, 1.82) is 0 Å². The minimum atomic E-state index is -2.18. The monoisotopic (exact) mass is 285 g/mol. The number of rotatable bonds is 5. The second-order valence-corrected chi connectivity index (χ2v) is 9.57. The summed E-state index contributed by atoms with van der Waals surface area (Å²) in [6.07, 6.45) is 9.44. The average Bonchev–Trinajstić information content (AvgIpc) is 2.45. The molecule has 2 aliphatic rings. The topological polar surface area (TPSA) is 21.7 Å². The zero-order chi connectivity index (χ0) is 13.9. The van der Waals surface area contributed by atoms with Gasteiger partial charge in [0, 0.05) is 32.3 Å². The van der Waals surface area contributed by atoms with Gasteiger partial charge in [0.15, 0.2) is 0 Å². The molecule has 3 nitrogen and oxygen atoms in total. The Labute approximate surface area is 120 Å². The Morgan fingerprint density at radius 1 is 1.05 bits per heavy atom. The first kappa shape index (κ1) is 15.5. The van der Waals surface area contributed by atoms with Gasteiger partial charge in [0.05, 0.1) is 0 Å². The number of nitrogens with zero attached hydrogens (tertiary/aromatic N) is 1. The van der Waals surface area contributed by atoms with Crippen molar-refractivity contribution in [1.82, 2.24) is 4.57 Å². The molecule has 1 saturated heterocycles. The van der Waals surface area contributed by atoms with Crippen LogP contribution in [0.1, 0.15) is 58.8 Å². The molecule has 1 saturated carbocycles. The first-order valence-corrected chi connectivity index (χ1v) is 10.0. The molecule has 0 radical (unpaired) electrons. The van der Waals surface area contributed by atoms with Crippen LogP contribution in [0.4, 0.5) is 0 Å². The Hall–Kier alpha value is 0.0969. The van der Waals surface area contributed by atoms with Crippen LogP contribution in [-0.4, -0.2) is 39.6 Å². The SMILES string of the molecule is CCC[Si](OC)(OC)N1C(C)CCC2CCCCC21. The van der Waals surface area contributed by atoms with Crippen LogP contribution < -0.4 is 0 Å². The lowest BCUT2D eigenvalue weighted by atomic mass is 9.78. The Morgan fingerprint density at radius 2 is 1.74 bits per heavy atom. The molecule has 1 aliphatic heterocycles. The van der Waals surface area contributed by atoms with E-state index < -0.39 is 8.72 Å². The van der Waals surface area contributed by atoms with Crippen LogP contribution in [-0.2, 0) is 8.85 Å². The third kappa shape index (κ3) is 2.92. The summed E-state index contributed by atoms with van der Waals surface area (Å²) in [5, 5.41) is 0. The van der Waals surface area contributed by atoms with E-state index in [-0.39, 0.29) is 0 Å². The maximum Gasteiger partial charge on any atom is 0.427 e. The predicted molar refractivity (Wildman–Crippen MR) is 81.2 cm³/mol. The zero-order valence-electron chi connectivity index (χ0n) is 13.2. The standard InChI is InChI=1S/C15H31NO2Si/c1-5-12-19(17-3,18-4)16-13(2)10-11-14-8-6-7-9-15(14)16/h13-15H,5-12H2,1-4H3. The lowest BCUT2D eigenvalue weighted by Gasteiger charge is -2.53. The van der Waals surface area contributed by atoms with Crippen molar-refractivity contribution < 1.29 is 8.85 Å². The molecule has 19 heavy (non-hydrogen) atoms. The van der Waals surface area contributed by atoms with Gasteiger partial charge in [-0.05, 0) is 38.5 Å². The van der Waals surface area contributed by atoms with E-state index in [9.17, 15) is 0 Å². The summed E-state index contributed by atoms with van der Waals surface area (Å²) in [6, 6.07) is 2.43. The van der Waals surface area contributed by atoms with Crippen molar-refractivity contribution in [3.05, 3.63) is 0 Å². The van der Waals surface area contributed by atoms with Gasteiger partial charge in [-0.15, -0.1) is 0 Å². The fraction of sp³-hybridized carbons (Fsp3) is 1.00. The van der Waals surface area contributed by atoms with Crippen LogP contribution in [0.5, 0.6) is 0 Å². The molecule has 0 aromatic rings. The Bertz CT molecular complexity index is 283. The Morgan fingerprint density at radius 3 is 2.37 bits per heavy atom. The van der Waals surface area contributed by atoms with Gasteiger partial charge >= 0.3 is 8.72 Å². The molecule has 112 valence electrons. The Kier molecular flexibility index (Phi) is 5.46. The molecule has 3 atom stereocenters. The molecule has 0 bridgehead atoms. The summed E-state index contributed by atoms with van der Waals surface area (Å²) in [7, 11) is 1.55. The molecular formula is C15H31NO2Si. The van der Waals surface area contributed by atoms with Crippen LogP contribution >= 0.6 is 0 Å². The fourth-order valence-electron chi connectivity index (χ4n) is 4.34. The summed E-state index contributed by atoms with van der Waals surface area (Å²) in [5.41, 5.74) is 0. The molecule has 0 aromatic carbocycles. The highest BCUT2D eigenvalue weighted by molar-refractivity contribution is 6.64. The van der Waals surface area contributed by atoms with Gasteiger partial charge in [0.25, 0.3) is 0 Å². The van der Waals surface area contributed by atoms with E-state index >= 15 is 0 Å². The summed E-state index contributed by atoms with van der Waals surface area (Å²) < 4.78 is 14.8. The molecule has 0 aromatic heterocycles. The third-order valence-electron chi connectivity index (χ3n) is 5.25. The second-order valence-electron chi connectivity index (χ2n) is 6.32. The van der Waals surface area contributed by atoms with Crippen molar-refractivity contribution in [3.8, 4) is 0 Å². The van der Waals surface area contributed by atoms with Gasteiger partial charge in [-0.3, -0.25) is 4.57 Å². The molecule has 0 N–H and O–H groups in total. The highest BCUT2D eigenvalue weighted by Crippen LogP contribution is 2.41. The molecule has 3 unspecified atom stereocenters.